The van der Waals surface area contributed by atoms with Crippen molar-refractivity contribution in [3.63, 3.8) is 0 Å². The summed E-state index contributed by atoms with van der Waals surface area (Å²) < 4.78 is 1.86. The minimum absolute atomic E-state index is 0.0449. The molecule has 1 amide bonds. The number of hydrogen-bond donors (Lipinski definition) is 1. The summed E-state index contributed by atoms with van der Waals surface area (Å²) in [5.74, 6) is -0.0917. The zero-order valence-corrected chi connectivity index (χ0v) is 19.7. The van der Waals surface area contributed by atoms with Gasteiger partial charge >= 0.3 is 0 Å². The van der Waals surface area contributed by atoms with Crippen LogP contribution in [-0.2, 0) is 12.8 Å². The van der Waals surface area contributed by atoms with E-state index in [0.29, 0.717) is 5.69 Å². The first-order valence-electron chi connectivity index (χ1n) is 12.3. The van der Waals surface area contributed by atoms with Gasteiger partial charge in [-0.15, -0.1) is 0 Å². The number of imidazole rings is 1. The van der Waals surface area contributed by atoms with Crippen molar-refractivity contribution in [3.8, 4) is 16.8 Å². The average molecular weight is 450 g/mol. The number of aryl methyl sites for hydroxylation is 2. The molecule has 4 heteroatoms. The minimum Gasteiger partial charge on any atom is -0.344 e. The summed E-state index contributed by atoms with van der Waals surface area (Å²) >= 11 is 0. The minimum atomic E-state index is -0.0917. The third-order valence-electron chi connectivity index (χ3n) is 6.80. The molecule has 172 valence electrons. The first kappa shape index (κ1) is 22.1. The Labute approximate surface area is 201 Å². The van der Waals surface area contributed by atoms with E-state index in [4.69, 9.17) is 0 Å². The van der Waals surface area contributed by atoms with E-state index in [1.165, 1.54) is 35.1 Å². The molecule has 1 atom stereocenters. The Hall–Kier alpha value is -3.66. The number of nitrogens with zero attached hydrogens (tertiary/aromatic N) is 2. The highest BCUT2D eigenvalue weighted by Gasteiger charge is 2.23. The molecule has 3 aromatic carbocycles. The van der Waals surface area contributed by atoms with Gasteiger partial charge < -0.3 is 5.32 Å². The molecule has 1 N–H and O–H groups in total. The molecule has 34 heavy (non-hydrogen) atoms. The predicted octanol–water partition coefficient (Wildman–Crippen LogP) is 6.69. The molecule has 1 aromatic heterocycles. The molecular weight excluding hydrogens is 418 g/mol. The van der Waals surface area contributed by atoms with Crippen molar-refractivity contribution in [1.29, 1.82) is 0 Å². The summed E-state index contributed by atoms with van der Waals surface area (Å²) in [4.78, 5) is 17.5. The molecule has 0 radical (unpaired) electrons. The summed E-state index contributed by atoms with van der Waals surface area (Å²) in [6, 6.07) is 25.6. The quantitative estimate of drug-likeness (QED) is 0.342. The van der Waals surface area contributed by atoms with Crippen molar-refractivity contribution >= 4 is 5.91 Å². The van der Waals surface area contributed by atoms with E-state index in [0.717, 1.165) is 36.9 Å². The highest BCUT2D eigenvalue weighted by molar-refractivity contribution is 5.93. The molecule has 0 fully saturated rings. The van der Waals surface area contributed by atoms with Crippen LogP contribution in [0.25, 0.3) is 16.8 Å². The first-order chi connectivity index (χ1) is 16.7. The highest BCUT2D eigenvalue weighted by Crippen LogP contribution is 2.30. The lowest BCUT2D eigenvalue weighted by Crippen LogP contribution is -2.32. The lowest BCUT2D eigenvalue weighted by molar-refractivity contribution is 0.0926. The standard InChI is InChI=1S/C30H31N3O/c1-2-3-7-22-12-14-23(15-13-22)24-16-18-26(19-17-24)33-21-31-20-29(33)30(34)32-28-11-6-9-25-8-4-5-10-27(25)28/h4-5,8,10,12-21,28H,2-3,6-7,9,11H2,1H3,(H,32,34). The second kappa shape index (κ2) is 10.1. The second-order valence-corrected chi connectivity index (χ2v) is 9.11. The zero-order chi connectivity index (χ0) is 23.3. The summed E-state index contributed by atoms with van der Waals surface area (Å²) in [6.45, 7) is 2.22. The molecule has 0 aliphatic heterocycles. The van der Waals surface area contributed by atoms with Crippen molar-refractivity contribution in [2.75, 3.05) is 0 Å². The van der Waals surface area contributed by atoms with Crippen molar-refractivity contribution < 1.29 is 4.79 Å². The van der Waals surface area contributed by atoms with Crippen LogP contribution < -0.4 is 5.32 Å². The fourth-order valence-electron chi connectivity index (χ4n) is 4.86. The number of unbranched alkanes of at least 4 members (excludes halogenated alkanes) is 1. The van der Waals surface area contributed by atoms with E-state index >= 15 is 0 Å². The van der Waals surface area contributed by atoms with E-state index < -0.39 is 0 Å². The molecule has 0 bridgehead atoms. The molecule has 1 aliphatic carbocycles. The molecule has 4 nitrogen and oxygen atoms in total. The van der Waals surface area contributed by atoms with Crippen LogP contribution in [0.1, 0.15) is 65.8 Å². The van der Waals surface area contributed by atoms with E-state index in [1.807, 2.05) is 10.6 Å². The third-order valence-corrected chi connectivity index (χ3v) is 6.80. The molecule has 0 spiro atoms. The Kier molecular flexibility index (Phi) is 6.57. The van der Waals surface area contributed by atoms with Crippen LogP contribution in [0.3, 0.4) is 0 Å². The molecule has 1 aliphatic rings. The SMILES string of the molecule is CCCCc1ccc(-c2ccc(-n3cncc3C(=O)NC3CCCc4ccccc43)cc2)cc1. The smallest absolute Gasteiger partial charge is 0.270 e. The van der Waals surface area contributed by atoms with Crippen LogP contribution in [0, 0.1) is 0 Å². The number of nitrogens with one attached hydrogen (secondary N) is 1. The van der Waals surface area contributed by atoms with Gasteiger partial charge in [0, 0.05) is 5.69 Å². The monoisotopic (exact) mass is 449 g/mol. The normalized spacial score (nSPS) is 15.0. The zero-order valence-electron chi connectivity index (χ0n) is 19.7. The molecule has 0 saturated heterocycles. The van der Waals surface area contributed by atoms with Gasteiger partial charge in [0.2, 0.25) is 0 Å². The van der Waals surface area contributed by atoms with Gasteiger partial charge in [-0.25, -0.2) is 4.98 Å². The Morgan fingerprint density at radius 3 is 2.50 bits per heavy atom. The Morgan fingerprint density at radius 1 is 1.00 bits per heavy atom. The lowest BCUT2D eigenvalue weighted by atomic mass is 9.88. The van der Waals surface area contributed by atoms with E-state index in [9.17, 15) is 4.79 Å². The molecule has 1 unspecified atom stereocenters. The maximum atomic E-state index is 13.2. The van der Waals surface area contributed by atoms with Gasteiger partial charge in [0.25, 0.3) is 5.91 Å². The highest BCUT2D eigenvalue weighted by atomic mass is 16.2. The maximum Gasteiger partial charge on any atom is 0.270 e. The lowest BCUT2D eigenvalue weighted by Gasteiger charge is -2.26. The Morgan fingerprint density at radius 2 is 1.74 bits per heavy atom. The van der Waals surface area contributed by atoms with Gasteiger partial charge in [0.15, 0.2) is 0 Å². The summed E-state index contributed by atoms with van der Waals surface area (Å²) in [5.41, 5.74) is 7.80. The summed E-state index contributed by atoms with van der Waals surface area (Å²) in [7, 11) is 0. The Balaban J connectivity index is 1.32. The molecule has 0 saturated carbocycles. The number of benzene rings is 3. The fraction of sp³-hybridized carbons (Fsp3) is 0.267. The van der Waals surface area contributed by atoms with Gasteiger partial charge in [-0.1, -0.05) is 74.0 Å². The number of hydrogen-bond acceptors (Lipinski definition) is 2. The van der Waals surface area contributed by atoms with Crippen LogP contribution in [-0.4, -0.2) is 15.5 Å². The van der Waals surface area contributed by atoms with Crippen molar-refractivity contribution in [2.45, 2.75) is 51.5 Å². The van der Waals surface area contributed by atoms with Crippen LogP contribution in [0.4, 0.5) is 0 Å². The molecule has 5 rings (SSSR count). The number of carbonyl (C=O) groups is 1. The van der Waals surface area contributed by atoms with E-state index in [-0.39, 0.29) is 11.9 Å². The number of aromatic nitrogens is 2. The molecule has 1 heterocycles. The third kappa shape index (κ3) is 4.67. The second-order valence-electron chi connectivity index (χ2n) is 9.11. The first-order valence-corrected chi connectivity index (χ1v) is 12.3. The van der Waals surface area contributed by atoms with Gasteiger partial charge in [-0.05, 0) is 72.1 Å². The Bertz CT molecular complexity index is 1250. The summed E-state index contributed by atoms with van der Waals surface area (Å²) in [6.07, 6.45) is 10.1. The largest absolute Gasteiger partial charge is 0.344 e. The van der Waals surface area contributed by atoms with Gasteiger partial charge in [0.05, 0.1) is 18.6 Å². The number of amides is 1. The molecule has 4 aromatic rings. The number of carbonyl (C=O) groups excluding carboxylic acids is 1. The van der Waals surface area contributed by atoms with E-state index in [1.54, 1.807) is 12.5 Å². The number of fused-ring (bicyclic) bond motifs is 1. The van der Waals surface area contributed by atoms with Crippen molar-refractivity contribution in [2.24, 2.45) is 0 Å². The number of rotatable bonds is 7. The van der Waals surface area contributed by atoms with Crippen LogP contribution in [0.5, 0.6) is 0 Å². The van der Waals surface area contributed by atoms with Gasteiger partial charge in [0.1, 0.15) is 5.69 Å². The van der Waals surface area contributed by atoms with Crippen LogP contribution in [0.2, 0.25) is 0 Å². The topological polar surface area (TPSA) is 46.9 Å². The summed E-state index contributed by atoms with van der Waals surface area (Å²) in [5, 5.41) is 3.24. The predicted molar refractivity (Wildman–Crippen MR) is 137 cm³/mol. The van der Waals surface area contributed by atoms with Crippen molar-refractivity contribution in [1.82, 2.24) is 14.9 Å². The van der Waals surface area contributed by atoms with E-state index in [2.05, 4.69) is 84.0 Å². The maximum absolute atomic E-state index is 13.2. The fourth-order valence-corrected chi connectivity index (χ4v) is 4.86. The molecular formula is C30H31N3O. The van der Waals surface area contributed by atoms with Crippen molar-refractivity contribution in [3.05, 3.63) is 108 Å². The van der Waals surface area contributed by atoms with Crippen LogP contribution >= 0.6 is 0 Å². The van der Waals surface area contributed by atoms with Gasteiger partial charge in [-0.3, -0.25) is 9.36 Å². The average Bonchev–Trinajstić information content (AvgIpc) is 3.38. The van der Waals surface area contributed by atoms with Gasteiger partial charge in [-0.2, -0.15) is 0 Å². The van der Waals surface area contributed by atoms with Crippen LogP contribution in [0.15, 0.2) is 85.3 Å².